The van der Waals surface area contributed by atoms with Gasteiger partial charge in [-0.1, -0.05) is 41.9 Å². The molecule has 1 aliphatic rings. The summed E-state index contributed by atoms with van der Waals surface area (Å²) in [5.41, 5.74) is 7.77. The van der Waals surface area contributed by atoms with E-state index < -0.39 is 29.7 Å². The van der Waals surface area contributed by atoms with E-state index in [4.69, 9.17) is 17.3 Å². The second-order valence-corrected chi connectivity index (χ2v) is 7.71. The first kappa shape index (κ1) is 20.1. The summed E-state index contributed by atoms with van der Waals surface area (Å²) in [5.74, 6) is -1.50. The van der Waals surface area contributed by atoms with Gasteiger partial charge in [-0.15, -0.1) is 0 Å². The van der Waals surface area contributed by atoms with Gasteiger partial charge in [-0.05, 0) is 47.7 Å². The van der Waals surface area contributed by atoms with E-state index in [0.717, 1.165) is 0 Å². The van der Waals surface area contributed by atoms with E-state index in [9.17, 15) is 14.0 Å². The van der Waals surface area contributed by atoms with E-state index in [1.807, 2.05) is 6.07 Å². The van der Waals surface area contributed by atoms with Gasteiger partial charge in [-0.2, -0.15) is 5.10 Å². The second kappa shape index (κ2) is 7.91. The van der Waals surface area contributed by atoms with Crippen molar-refractivity contribution in [3.05, 3.63) is 88.0 Å². The highest BCUT2D eigenvalue weighted by atomic mass is 35.5. The molecular weight excluding hydrogens is 407 g/mol. The lowest BCUT2D eigenvalue weighted by Gasteiger charge is -2.35. The van der Waals surface area contributed by atoms with Gasteiger partial charge in [0.15, 0.2) is 0 Å². The number of nitrogens with two attached hydrogens (primary N) is 1. The van der Waals surface area contributed by atoms with Crippen LogP contribution < -0.4 is 5.73 Å². The van der Waals surface area contributed by atoms with Crippen LogP contribution in [0.25, 0.3) is 0 Å². The standard InChI is InChI=1S/C22H20ClFN4O2/c1-27-19(9-10-26-27)22(30)28(20(21(25)29)13-5-3-2-4-6-13)18-8-7-15-16(18)11-14(23)12-17(15)24/h2-6,9-12,18,20H,7-8H2,1H3,(H2,25,29)/t18-,20-/m1/s1. The first-order valence-electron chi connectivity index (χ1n) is 9.51. The largest absolute Gasteiger partial charge is 0.368 e. The number of fused-ring (bicyclic) bond motifs is 1. The van der Waals surface area contributed by atoms with Crippen molar-refractivity contribution in [3.8, 4) is 0 Å². The number of amides is 2. The number of halogens is 2. The van der Waals surface area contributed by atoms with E-state index in [-0.39, 0.29) is 5.02 Å². The Balaban J connectivity index is 1.89. The number of aryl methyl sites for hydroxylation is 1. The summed E-state index contributed by atoms with van der Waals surface area (Å²) in [4.78, 5) is 27.7. The summed E-state index contributed by atoms with van der Waals surface area (Å²) in [7, 11) is 1.65. The number of aromatic nitrogens is 2. The molecule has 4 rings (SSSR count). The molecule has 0 aliphatic heterocycles. The molecule has 0 unspecified atom stereocenters. The van der Waals surface area contributed by atoms with E-state index in [1.165, 1.54) is 21.8 Å². The van der Waals surface area contributed by atoms with Gasteiger partial charge in [-0.3, -0.25) is 14.3 Å². The molecule has 0 radical (unpaired) electrons. The summed E-state index contributed by atoms with van der Waals surface area (Å²) in [6.07, 6.45) is 2.39. The fourth-order valence-corrected chi connectivity index (χ4v) is 4.38. The molecule has 0 saturated carbocycles. The van der Waals surface area contributed by atoms with Crippen LogP contribution in [-0.4, -0.2) is 26.5 Å². The van der Waals surface area contributed by atoms with Crippen LogP contribution in [0.2, 0.25) is 5.02 Å². The monoisotopic (exact) mass is 426 g/mol. The summed E-state index contributed by atoms with van der Waals surface area (Å²) in [5, 5.41) is 4.31. The Bertz CT molecular complexity index is 1120. The predicted molar refractivity (Wildman–Crippen MR) is 110 cm³/mol. The van der Waals surface area contributed by atoms with E-state index in [1.54, 1.807) is 43.4 Å². The first-order chi connectivity index (χ1) is 14.4. The summed E-state index contributed by atoms with van der Waals surface area (Å²) in [6, 6.07) is 11.7. The zero-order valence-electron chi connectivity index (χ0n) is 16.3. The van der Waals surface area contributed by atoms with Crippen LogP contribution in [-0.2, 0) is 18.3 Å². The van der Waals surface area contributed by atoms with Crippen LogP contribution in [0.5, 0.6) is 0 Å². The second-order valence-electron chi connectivity index (χ2n) is 7.28. The highest BCUT2D eigenvalue weighted by molar-refractivity contribution is 6.30. The number of carbonyl (C=O) groups excluding carboxylic acids is 2. The molecule has 2 atom stereocenters. The maximum atomic E-state index is 14.5. The SMILES string of the molecule is Cn1nccc1C(=O)N([C@@H]1CCc2c(F)cc(Cl)cc21)[C@@H](C(N)=O)c1ccccc1. The van der Waals surface area contributed by atoms with Crippen LogP contribution in [0.15, 0.2) is 54.7 Å². The molecular formula is C22H20ClFN4O2. The van der Waals surface area contributed by atoms with Crippen molar-refractivity contribution in [2.45, 2.75) is 24.9 Å². The Morgan fingerprint density at radius 3 is 2.63 bits per heavy atom. The van der Waals surface area contributed by atoms with Crippen molar-refractivity contribution >= 4 is 23.4 Å². The third-order valence-electron chi connectivity index (χ3n) is 5.49. The van der Waals surface area contributed by atoms with Gasteiger partial charge < -0.3 is 10.6 Å². The maximum absolute atomic E-state index is 14.5. The number of primary amides is 1. The van der Waals surface area contributed by atoms with Crippen molar-refractivity contribution in [2.24, 2.45) is 12.8 Å². The topological polar surface area (TPSA) is 81.2 Å². The van der Waals surface area contributed by atoms with Crippen molar-refractivity contribution in [3.63, 3.8) is 0 Å². The lowest BCUT2D eigenvalue weighted by molar-refractivity contribution is -0.123. The molecule has 1 heterocycles. The van der Waals surface area contributed by atoms with Crippen LogP contribution in [0.3, 0.4) is 0 Å². The van der Waals surface area contributed by atoms with E-state index in [2.05, 4.69) is 5.10 Å². The first-order valence-corrected chi connectivity index (χ1v) is 9.89. The Morgan fingerprint density at radius 1 is 1.27 bits per heavy atom. The van der Waals surface area contributed by atoms with Gasteiger partial charge in [0.2, 0.25) is 5.91 Å². The van der Waals surface area contributed by atoms with E-state index in [0.29, 0.717) is 35.2 Å². The van der Waals surface area contributed by atoms with Crippen LogP contribution in [0, 0.1) is 5.82 Å². The van der Waals surface area contributed by atoms with Crippen molar-refractivity contribution in [1.82, 2.24) is 14.7 Å². The molecule has 30 heavy (non-hydrogen) atoms. The van der Waals surface area contributed by atoms with Gasteiger partial charge in [-0.25, -0.2) is 4.39 Å². The molecule has 3 aromatic rings. The minimum Gasteiger partial charge on any atom is -0.368 e. The number of rotatable bonds is 5. The lowest BCUT2D eigenvalue weighted by atomic mass is 9.98. The van der Waals surface area contributed by atoms with Gasteiger partial charge >= 0.3 is 0 Å². The molecule has 2 aromatic carbocycles. The molecule has 154 valence electrons. The predicted octanol–water partition coefficient (Wildman–Crippen LogP) is 3.57. The third kappa shape index (κ3) is 3.45. The van der Waals surface area contributed by atoms with Gasteiger partial charge in [0, 0.05) is 18.3 Å². The fraction of sp³-hybridized carbons (Fsp3) is 0.227. The maximum Gasteiger partial charge on any atom is 0.273 e. The smallest absolute Gasteiger partial charge is 0.273 e. The molecule has 8 heteroatoms. The molecule has 0 fully saturated rings. The number of carbonyl (C=O) groups is 2. The molecule has 0 saturated heterocycles. The van der Waals surface area contributed by atoms with Crippen molar-refractivity contribution < 1.29 is 14.0 Å². The fourth-order valence-electron chi connectivity index (χ4n) is 4.16. The van der Waals surface area contributed by atoms with Gasteiger partial charge in [0.25, 0.3) is 5.91 Å². The highest BCUT2D eigenvalue weighted by Crippen LogP contribution is 2.43. The Labute approximate surface area is 178 Å². The average Bonchev–Trinajstić information content (AvgIpc) is 3.32. The minimum absolute atomic E-state index is 0.237. The quantitative estimate of drug-likeness (QED) is 0.677. The molecule has 1 aliphatic carbocycles. The normalized spacial score (nSPS) is 16.2. The summed E-state index contributed by atoms with van der Waals surface area (Å²) >= 11 is 6.11. The summed E-state index contributed by atoms with van der Waals surface area (Å²) < 4.78 is 16.0. The highest BCUT2D eigenvalue weighted by Gasteiger charge is 2.41. The van der Waals surface area contributed by atoms with Gasteiger partial charge in [0.05, 0.1) is 6.04 Å². The summed E-state index contributed by atoms with van der Waals surface area (Å²) in [6.45, 7) is 0. The van der Waals surface area contributed by atoms with Crippen LogP contribution >= 0.6 is 11.6 Å². The molecule has 2 amide bonds. The zero-order valence-corrected chi connectivity index (χ0v) is 17.0. The minimum atomic E-state index is -1.04. The Morgan fingerprint density at radius 2 is 2.00 bits per heavy atom. The van der Waals surface area contributed by atoms with E-state index >= 15 is 0 Å². The number of nitrogens with zero attached hydrogens (tertiary/aromatic N) is 3. The molecule has 0 bridgehead atoms. The molecule has 6 nitrogen and oxygen atoms in total. The van der Waals surface area contributed by atoms with Crippen molar-refractivity contribution in [2.75, 3.05) is 0 Å². The number of hydrogen-bond acceptors (Lipinski definition) is 3. The van der Waals surface area contributed by atoms with Gasteiger partial charge in [0.1, 0.15) is 17.6 Å². The van der Waals surface area contributed by atoms with Crippen molar-refractivity contribution in [1.29, 1.82) is 0 Å². The Hall–Kier alpha value is -3.19. The molecule has 1 aromatic heterocycles. The average molecular weight is 427 g/mol. The number of benzene rings is 2. The molecule has 2 N–H and O–H groups in total. The number of hydrogen-bond donors (Lipinski definition) is 1. The zero-order chi connectivity index (χ0) is 21.4. The van der Waals surface area contributed by atoms with Crippen LogP contribution in [0.1, 0.15) is 45.7 Å². The Kier molecular flexibility index (Phi) is 5.30. The third-order valence-corrected chi connectivity index (χ3v) is 5.71. The molecule has 0 spiro atoms. The van der Waals surface area contributed by atoms with Crippen LogP contribution in [0.4, 0.5) is 4.39 Å². The lowest BCUT2D eigenvalue weighted by Crippen LogP contribution is -2.44.